The maximum atomic E-state index is 10.9. The van der Waals surface area contributed by atoms with E-state index in [0.717, 1.165) is 0 Å². The van der Waals surface area contributed by atoms with Gasteiger partial charge in [-0.15, -0.1) is 0 Å². The number of H-pyrrole nitrogens is 1. The summed E-state index contributed by atoms with van der Waals surface area (Å²) >= 11 is 1.98. The maximum absolute atomic E-state index is 10.9. The van der Waals surface area contributed by atoms with Gasteiger partial charge in [0.1, 0.15) is 0 Å². The van der Waals surface area contributed by atoms with Gasteiger partial charge < -0.3 is 0 Å². The molecule has 0 amide bonds. The molecule has 1 heterocycles. The van der Waals surface area contributed by atoms with Crippen molar-refractivity contribution in [2.75, 3.05) is 0 Å². The second kappa shape index (κ2) is 3.51. The van der Waals surface area contributed by atoms with Crippen LogP contribution < -0.4 is 11.2 Å². The van der Waals surface area contributed by atoms with E-state index < -0.39 is 5.69 Å². The van der Waals surface area contributed by atoms with Crippen molar-refractivity contribution in [3.63, 3.8) is 0 Å². The first-order valence-electron chi connectivity index (χ1n) is 2.82. The van der Waals surface area contributed by atoms with Gasteiger partial charge in [0.05, 0.1) is 0 Å². The molecule has 4 nitrogen and oxygen atoms in total. The highest BCUT2D eigenvalue weighted by molar-refractivity contribution is 14.1. The van der Waals surface area contributed by atoms with Crippen LogP contribution in [0.2, 0.25) is 0 Å². The van der Waals surface area contributed by atoms with Crippen LogP contribution in [0.4, 0.5) is 0 Å². The van der Waals surface area contributed by atoms with E-state index in [9.17, 15) is 9.59 Å². The highest BCUT2D eigenvalue weighted by atomic mass is 127. The van der Waals surface area contributed by atoms with Gasteiger partial charge in [-0.05, 0) is 4.08 Å². The molecule has 0 radical (unpaired) electrons. The molecule has 0 saturated heterocycles. The third-order valence-electron chi connectivity index (χ3n) is 1.07. The van der Waals surface area contributed by atoms with E-state index in [2.05, 4.69) is 4.98 Å². The van der Waals surface area contributed by atoms with Crippen LogP contribution in [0.15, 0.2) is 25.9 Å². The van der Waals surface area contributed by atoms with Gasteiger partial charge in [0.25, 0.3) is 5.56 Å². The van der Waals surface area contributed by atoms with Crippen LogP contribution in [0.3, 0.4) is 0 Å². The van der Waals surface area contributed by atoms with Crippen molar-refractivity contribution in [3.8, 4) is 0 Å². The van der Waals surface area contributed by atoms with E-state index in [0.29, 0.717) is 0 Å². The molecular formula is C6H5IN2O2. The molecule has 5 heteroatoms. The Kier molecular flexibility index (Phi) is 2.64. The summed E-state index contributed by atoms with van der Waals surface area (Å²) < 4.78 is 2.96. The lowest BCUT2D eigenvalue weighted by Gasteiger charge is -1.92. The predicted molar refractivity (Wildman–Crippen MR) is 50.7 cm³/mol. The molecule has 1 N–H and O–H groups in total. The number of rotatable bonds is 1. The zero-order valence-corrected chi connectivity index (χ0v) is 7.61. The number of hydrogen-bond acceptors (Lipinski definition) is 2. The molecule has 58 valence electrons. The molecule has 0 unspecified atom stereocenters. The Morgan fingerprint density at radius 1 is 1.55 bits per heavy atom. The van der Waals surface area contributed by atoms with Crippen molar-refractivity contribution < 1.29 is 0 Å². The minimum Gasteiger partial charge on any atom is -0.276 e. The molecule has 0 aliphatic rings. The number of aromatic amines is 1. The van der Waals surface area contributed by atoms with Crippen molar-refractivity contribution in [3.05, 3.63) is 37.2 Å². The summed E-state index contributed by atoms with van der Waals surface area (Å²) in [5, 5.41) is 0. The fourth-order valence-corrected chi connectivity index (χ4v) is 0.952. The second-order valence-electron chi connectivity index (χ2n) is 1.79. The molecule has 1 aromatic rings. The highest BCUT2D eigenvalue weighted by Crippen LogP contribution is 1.85. The summed E-state index contributed by atoms with van der Waals surface area (Å²) in [6, 6.07) is 1.29. The molecule has 0 aliphatic heterocycles. The lowest BCUT2D eigenvalue weighted by molar-refractivity contribution is 0.939. The first-order chi connectivity index (χ1) is 5.24. The SMILES string of the molecule is O=c1ccn(C=CI)c(=O)[nH]1. The zero-order valence-electron chi connectivity index (χ0n) is 5.45. The molecule has 11 heavy (non-hydrogen) atoms. The molecule has 0 aliphatic carbocycles. The van der Waals surface area contributed by atoms with Gasteiger partial charge in [-0.3, -0.25) is 14.3 Å². The van der Waals surface area contributed by atoms with Crippen LogP contribution in [0, 0.1) is 0 Å². The van der Waals surface area contributed by atoms with E-state index in [4.69, 9.17) is 0 Å². The minimum absolute atomic E-state index is 0.381. The van der Waals surface area contributed by atoms with Gasteiger partial charge in [-0.1, -0.05) is 22.6 Å². The lowest BCUT2D eigenvalue weighted by atomic mass is 10.6. The smallest absolute Gasteiger partial charge is 0.276 e. The van der Waals surface area contributed by atoms with Gasteiger partial charge in [0.2, 0.25) is 0 Å². The first-order valence-corrected chi connectivity index (χ1v) is 4.07. The van der Waals surface area contributed by atoms with Crippen molar-refractivity contribution in [2.45, 2.75) is 0 Å². The largest absolute Gasteiger partial charge is 0.332 e. The molecule has 0 bridgehead atoms. The van der Waals surface area contributed by atoms with Crippen LogP contribution in [0.5, 0.6) is 0 Å². The Labute approximate surface area is 75.7 Å². The van der Waals surface area contributed by atoms with Gasteiger partial charge in [-0.2, -0.15) is 0 Å². The van der Waals surface area contributed by atoms with Crippen molar-refractivity contribution in [1.82, 2.24) is 9.55 Å². The summed E-state index contributed by atoms with van der Waals surface area (Å²) in [6.45, 7) is 0. The van der Waals surface area contributed by atoms with Crippen molar-refractivity contribution >= 4 is 28.8 Å². The van der Waals surface area contributed by atoms with Crippen LogP contribution in [0.25, 0.3) is 6.20 Å². The molecular weight excluding hydrogens is 259 g/mol. The summed E-state index contributed by atoms with van der Waals surface area (Å²) in [5.74, 6) is 0. The molecule has 1 aromatic heterocycles. The van der Waals surface area contributed by atoms with Crippen LogP contribution in [-0.2, 0) is 0 Å². The average Bonchev–Trinajstić information content (AvgIpc) is 1.95. The first kappa shape index (κ1) is 8.25. The van der Waals surface area contributed by atoms with Gasteiger partial charge in [0.15, 0.2) is 0 Å². The van der Waals surface area contributed by atoms with Crippen molar-refractivity contribution in [2.24, 2.45) is 0 Å². The van der Waals surface area contributed by atoms with E-state index in [1.807, 2.05) is 22.6 Å². The van der Waals surface area contributed by atoms with Crippen LogP contribution in [-0.4, -0.2) is 9.55 Å². The van der Waals surface area contributed by atoms with E-state index in [1.165, 1.54) is 16.8 Å². The third kappa shape index (κ3) is 2.04. The summed E-state index contributed by atoms with van der Waals surface area (Å²) in [4.78, 5) is 23.6. The van der Waals surface area contributed by atoms with Gasteiger partial charge in [0, 0.05) is 18.5 Å². The van der Waals surface area contributed by atoms with Crippen LogP contribution >= 0.6 is 22.6 Å². The summed E-state index contributed by atoms with van der Waals surface area (Å²) in [5.41, 5.74) is -0.807. The Morgan fingerprint density at radius 2 is 2.27 bits per heavy atom. The second-order valence-corrected chi connectivity index (χ2v) is 2.51. The lowest BCUT2D eigenvalue weighted by Crippen LogP contribution is -2.25. The minimum atomic E-state index is -0.426. The molecule has 0 fully saturated rings. The summed E-state index contributed by atoms with van der Waals surface area (Å²) in [6.07, 6.45) is 2.97. The van der Waals surface area contributed by atoms with Gasteiger partial charge >= 0.3 is 5.69 Å². The topological polar surface area (TPSA) is 54.9 Å². The van der Waals surface area contributed by atoms with E-state index in [1.54, 1.807) is 10.3 Å². The monoisotopic (exact) mass is 264 g/mol. The maximum Gasteiger partial charge on any atom is 0.332 e. The average molecular weight is 264 g/mol. The summed E-state index contributed by atoms with van der Waals surface area (Å²) in [7, 11) is 0. The number of halogens is 1. The Hall–Kier alpha value is -0.850. The standard InChI is InChI=1S/C6H5IN2O2/c7-2-4-9-3-1-5(10)8-6(9)11/h1-4H,(H,8,10,11). The normalized spacial score (nSPS) is 10.6. The Bertz CT molecular complexity index is 377. The molecule has 0 atom stereocenters. The fraction of sp³-hybridized carbons (Fsp3) is 0. The number of nitrogens with one attached hydrogen (secondary N) is 1. The zero-order chi connectivity index (χ0) is 8.27. The molecule has 0 saturated carbocycles. The quantitative estimate of drug-likeness (QED) is 0.746. The molecule has 0 aromatic carbocycles. The fourth-order valence-electron chi connectivity index (χ4n) is 0.605. The molecule has 0 spiro atoms. The number of hydrogen-bond donors (Lipinski definition) is 1. The highest BCUT2D eigenvalue weighted by Gasteiger charge is 1.88. The van der Waals surface area contributed by atoms with Crippen LogP contribution in [0.1, 0.15) is 0 Å². The van der Waals surface area contributed by atoms with Crippen molar-refractivity contribution in [1.29, 1.82) is 0 Å². The van der Waals surface area contributed by atoms with E-state index >= 15 is 0 Å². The third-order valence-corrected chi connectivity index (χ3v) is 1.39. The van der Waals surface area contributed by atoms with E-state index in [-0.39, 0.29) is 5.56 Å². The Balaban J connectivity index is 3.31. The number of aromatic nitrogens is 2. The predicted octanol–water partition coefficient (Wildman–Crippen LogP) is 0.400. The van der Waals surface area contributed by atoms with Gasteiger partial charge in [-0.25, -0.2) is 4.79 Å². The Morgan fingerprint density at radius 3 is 2.82 bits per heavy atom. The molecule has 1 rings (SSSR count). The number of nitrogens with zero attached hydrogens (tertiary/aromatic N) is 1.